The van der Waals surface area contributed by atoms with Gasteiger partial charge in [-0.15, -0.1) is 0 Å². The molecule has 0 saturated heterocycles. The Morgan fingerprint density at radius 1 is 1.61 bits per heavy atom. The summed E-state index contributed by atoms with van der Waals surface area (Å²) < 4.78 is 14.1. The van der Waals surface area contributed by atoms with Crippen LogP contribution in [-0.2, 0) is 0 Å². The zero-order valence-electron chi connectivity index (χ0n) is 10.3. The second kappa shape index (κ2) is 6.70. The molecule has 1 aromatic rings. The van der Waals surface area contributed by atoms with Crippen LogP contribution in [-0.4, -0.2) is 35.7 Å². The van der Waals surface area contributed by atoms with Crippen molar-refractivity contribution >= 4 is 27.6 Å². The van der Waals surface area contributed by atoms with Gasteiger partial charge >= 0.3 is 6.03 Å². The second-order valence-corrected chi connectivity index (χ2v) is 5.03. The fourth-order valence-corrected chi connectivity index (χ4v) is 1.62. The lowest BCUT2D eigenvalue weighted by Crippen LogP contribution is -2.33. The summed E-state index contributed by atoms with van der Waals surface area (Å²) in [4.78, 5) is 13.1. The first-order valence-electron chi connectivity index (χ1n) is 5.55. The molecular formula is C12H16BrFN2O2. The highest BCUT2D eigenvalue weighted by atomic mass is 79.9. The van der Waals surface area contributed by atoms with Gasteiger partial charge in [0.1, 0.15) is 5.82 Å². The van der Waals surface area contributed by atoms with Crippen LogP contribution < -0.4 is 5.32 Å². The van der Waals surface area contributed by atoms with Crippen molar-refractivity contribution < 1.29 is 14.3 Å². The lowest BCUT2D eigenvalue weighted by molar-refractivity contribution is 0.167. The van der Waals surface area contributed by atoms with Gasteiger partial charge in [-0.1, -0.05) is 15.9 Å². The van der Waals surface area contributed by atoms with E-state index < -0.39 is 18.0 Å². The van der Waals surface area contributed by atoms with E-state index in [0.29, 0.717) is 17.4 Å². The van der Waals surface area contributed by atoms with E-state index in [1.165, 1.54) is 17.0 Å². The smallest absolute Gasteiger partial charge is 0.321 e. The SMILES string of the molecule is CC(O)CCN(C)C(=O)Nc1ccc(Br)cc1F. The molecule has 0 aliphatic carbocycles. The van der Waals surface area contributed by atoms with E-state index in [4.69, 9.17) is 5.11 Å². The summed E-state index contributed by atoms with van der Waals surface area (Å²) in [7, 11) is 1.59. The van der Waals surface area contributed by atoms with E-state index in [1.807, 2.05) is 0 Å². The third kappa shape index (κ3) is 4.62. The number of amides is 2. The molecule has 1 rings (SSSR count). The van der Waals surface area contributed by atoms with E-state index >= 15 is 0 Å². The molecule has 0 aromatic heterocycles. The highest BCUT2D eigenvalue weighted by molar-refractivity contribution is 9.10. The van der Waals surface area contributed by atoms with Crippen LogP contribution in [0.3, 0.4) is 0 Å². The molecule has 0 radical (unpaired) electrons. The maximum Gasteiger partial charge on any atom is 0.321 e. The number of rotatable bonds is 4. The highest BCUT2D eigenvalue weighted by Gasteiger charge is 2.12. The van der Waals surface area contributed by atoms with Gasteiger partial charge in [0.2, 0.25) is 0 Å². The van der Waals surface area contributed by atoms with Gasteiger partial charge in [-0.2, -0.15) is 0 Å². The molecule has 0 spiro atoms. The Kier molecular flexibility index (Phi) is 5.55. The molecule has 4 nitrogen and oxygen atoms in total. The number of anilines is 1. The van der Waals surface area contributed by atoms with Crippen LogP contribution in [0.1, 0.15) is 13.3 Å². The Labute approximate surface area is 114 Å². The van der Waals surface area contributed by atoms with E-state index in [0.717, 1.165) is 0 Å². The molecule has 2 N–H and O–H groups in total. The molecule has 18 heavy (non-hydrogen) atoms. The number of carbonyl (C=O) groups is 1. The van der Waals surface area contributed by atoms with Crippen LogP contribution in [0.2, 0.25) is 0 Å². The quantitative estimate of drug-likeness (QED) is 0.897. The topological polar surface area (TPSA) is 52.6 Å². The van der Waals surface area contributed by atoms with Gasteiger partial charge < -0.3 is 15.3 Å². The number of urea groups is 1. The van der Waals surface area contributed by atoms with E-state index in [9.17, 15) is 9.18 Å². The first-order valence-corrected chi connectivity index (χ1v) is 6.34. The van der Waals surface area contributed by atoms with Crippen LogP contribution in [0, 0.1) is 5.82 Å². The van der Waals surface area contributed by atoms with Crippen molar-refractivity contribution in [3.05, 3.63) is 28.5 Å². The van der Waals surface area contributed by atoms with Crippen LogP contribution in [0.4, 0.5) is 14.9 Å². The first-order chi connectivity index (χ1) is 8.40. The molecule has 0 aliphatic rings. The zero-order valence-corrected chi connectivity index (χ0v) is 11.9. The molecule has 6 heteroatoms. The van der Waals surface area contributed by atoms with Gasteiger partial charge in [0.15, 0.2) is 0 Å². The normalized spacial score (nSPS) is 12.1. The van der Waals surface area contributed by atoms with Gasteiger partial charge in [-0.05, 0) is 31.5 Å². The molecule has 1 aromatic carbocycles. The Bertz CT molecular complexity index is 427. The Balaban J connectivity index is 2.58. The molecule has 0 saturated carbocycles. The number of aliphatic hydroxyl groups excluding tert-OH is 1. The van der Waals surface area contributed by atoms with Crippen LogP contribution >= 0.6 is 15.9 Å². The average molecular weight is 319 g/mol. The molecule has 2 amide bonds. The first kappa shape index (κ1) is 14.9. The minimum atomic E-state index is -0.498. The number of aliphatic hydroxyl groups is 1. The number of halogens is 2. The van der Waals surface area contributed by atoms with Crippen LogP contribution in [0.15, 0.2) is 22.7 Å². The van der Waals surface area contributed by atoms with Crippen molar-refractivity contribution in [3.8, 4) is 0 Å². The molecule has 1 unspecified atom stereocenters. The summed E-state index contributed by atoms with van der Waals surface area (Å²) in [6.45, 7) is 2.06. The van der Waals surface area contributed by atoms with Crippen molar-refractivity contribution in [2.45, 2.75) is 19.4 Å². The summed E-state index contributed by atoms with van der Waals surface area (Å²) in [5.74, 6) is -0.498. The molecule has 0 aliphatic heterocycles. The van der Waals surface area contributed by atoms with E-state index in [2.05, 4.69) is 21.2 Å². The second-order valence-electron chi connectivity index (χ2n) is 4.11. The Morgan fingerprint density at radius 3 is 2.83 bits per heavy atom. The molecule has 0 heterocycles. The molecule has 0 fully saturated rings. The standard InChI is InChI=1S/C12H16BrFN2O2/c1-8(17)5-6-16(2)12(18)15-11-4-3-9(13)7-10(11)14/h3-4,7-8,17H,5-6H2,1-2H3,(H,15,18). The molecule has 100 valence electrons. The van der Waals surface area contributed by atoms with Crippen molar-refractivity contribution in [3.63, 3.8) is 0 Å². The summed E-state index contributed by atoms with van der Waals surface area (Å²) in [6.07, 6.45) is 0.0110. The van der Waals surface area contributed by atoms with Gasteiger partial charge in [-0.3, -0.25) is 0 Å². The molecular weight excluding hydrogens is 303 g/mol. The maximum atomic E-state index is 13.5. The number of hydrogen-bond donors (Lipinski definition) is 2. The number of nitrogens with zero attached hydrogens (tertiary/aromatic N) is 1. The number of hydrogen-bond acceptors (Lipinski definition) is 2. The fourth-order valence-electron chi connectivity index (χ4n) is 1.28. The predicted octanol–water partition coefficient (Wildman–Crippen LogP) is 2.82. The number of carbonyl (C=O) groups excluding carboxylic acids is 1. The summed E-state index contributed by atoms with van der Waals surface area (Å²) in [6, 6.07) is 4.01. The zero-order chi connectivity index (χ0) is 13.7. The van der Waals surface area contributed by atoms with E-state index in [-0.39, 0.29) is 5.69 Å². The largest absolute Gasteiger partial charge is 0.393 e. The minimum Gasteiger partial charge on any atom is -0.393 e. The van der Waals surface area contributed by atoms with Crippen LogP contribution in [0.25, 0.3) is 0 Å². The lowest BCUT2D eigenvalue weighted by atomic mass is 10.3. The predicted molar refractivity (Wildman–Crippen MR) is 72.0 cm³/mol. The molecule has 1 atom stereocenters. The Morgan fingerprint density at radius 2 is 2.28 bits per heavy atom. The average Bonchev–Trinajstić information content (AvgIpc) is 2.29. The number of benzene rings is 1. The third-order valence-corrected chi connectivity index (χ3v) is 2.89. The summed E-state index contributed by atoms with van der Waals surface area (Å²) in [5, 5.41) is 11.6. The summed E-state index contributed by atoms with van der Waals surface area (Å²) in [5.41, 5.74) is 0.132. The molecule has 0 bridgehead atoms. The van der Waals surface area contributed by atoms with Gasteiger partial charge in [0.05, 0.1) is 11.8 Å². The monoisotopic (exact) mass is 318 g/mol. The van der Waals surface area contributed by atoms with Crippen LogP contribution in [0.5, 0.6) is 0 Å². The van der Waals surface area contributed by atoms with Gasteiger partial charge in [-0.25, -0.2) is 9.18 Å². The van der Waals surface area contributed by atoms with Gasteiger partial charge in [0.25, 0.3) is 0 Å². The highest BCUT2D eigenvalue weighted by Crippen LogP contribution is 2.19. The fraction of sp³-hybridized carbons (Fsp3) is 0.417. The Hall–Kier alpha value is -1.14. The van der Waals surface area contributed by atoms with E-state index in [1.54, 1.807) is 20.0 Å². The van der Waals surface area contributed by atoms with Gasteiger partial charge in [0, 0.05) is 18.1 Å². The minimum absolute atomic E-state index is 0.132. The van der Waals surface area contributed by atoms with Crippen molar-refractivity contribution in [2.75, 3.05) is 18.9 Å². The maximum absolute atomic E-state index is 13.5. The number of nitrogens with one attached hydrogen (secondary N) is 1. The van der Waals surface area contributed by atoms with Crippen molar-refractivity contribution in [1.82, 2.24) is 4.90 Å². The third-order valence-electron chi connectivity index (χ3n) is 2.40. The summed E-state index contributed by atoms with van der Waals surface area (Å²) >= 11 is 3.14. The van der Waals surface area contributed by atoms with Crippen molar-refractivity contribution in [2.24, 2.45) is 0 Å². The van der Waals surface area contributed by atoms with Crippen molar-refractivity contribution in [1.29, 1.82) is 0 Å². The lowest BCUT2D eigenvalue weighted by Gasteiger charge is -2.18.